The summed E-state index contributed by atoms with van der Waals surface area (Å²) >= 11 is 0. The standard InChI is InChI=1S/C29H39N3O2/c1-3-13-31(14-4-1)17-7-19-33-26-11-9-24-21-25-10-12-27(23-29(25)30-28(24)22-26)34-20-8-18-32-15-5-2-6-16-32/h9-12,21-23H,1-8,13-20H2. The number of rotatable bonds is 10. The zero-order valence-electron chi connectivity index (χ0n) is 20.5. The largest absolute Gasteiger partial charge is 0.493 e. The van der Waals surface area contributed by atoms with E-state index in [1.807, 2.05) is 0 Å². The van der Waals surface area contributed by atoms with Gasteiger partial charge in [0.25, 0.3) is 0 Å². The lowest BCUT2D eigenvalue weighted by Crippen LogP contribution is -2.31. The van der Waals surface area contributed by atoms with Gasteiger partial charge >= 0.3 is 0 Å². The Bertz CT molecular complexity index is 977. The molecule has 0 amide bonds. The molecule has 0 bridgehead atoms. The number of fused-ring (bicyclic) bond motifs is 2. The summed E-state index contributed by atoms with van der Waals surface area (Å²) in [7, 11) is 0. The number of piperidine rings is 2. The van der Waals surface area contributed by atoms with Crippen molar-refractivity contribution in [3.63, 3.8) is 0 Å². The number of hydrogen-bond acceptors (Lipinski definition) is 5. The van der Waals surface area contributed by atoms with E-state index < -0.39 is 0 Å². The molecule has 0 atom stereocenters. The number of aromatic nitrogens is 1. The fourth-order valence-corrected chi connectivity index (χ4v) is 5.28. The van der Waals surface area contributed by atoms with Gasteiger partial charge in [0, 0.05) is 36.0 Å². The van der Waals surface area contributed by atoms with E-state index in [1.165, 1.54) is 64.7 Å². The summed E-state index contributed by atoms with van der Waals surface area (Å²) in [6.07, 6.45) is 10.3. The lowest BCUT2D eigenvalue weighted by Gasteiger charge is -2.26. The summed E-state index contributed by atoms with van der Waals surface area (Å²) < 4.78 is 12.1. The van der Waals surface area contributed by atoms with Crippen molar-refractivity contribution >= 4 is 21.8 Å². The maximum atomic E-state index is 6.06. The summed E-state index contributed by atoms with van der Waals surface area (Å²) in [5.41, 5.74) is 1.95. The average molecular weight is 462 g/mol. The van der Waals surface area contributed by atoms with Gasteiger partial charge in [0.1, 0.15) is 11.5 Å². The Kier molecular flexibility index (Phi) is 8.15. The van der Waals surface area contributed by atoms with Crippen molar-refractivity contribution < 1.29 is 9.47 Å². The second-order valence-electron chi connectivity index (χ2n) is 9.91. The van der Waals surface area contributed by atoms with Gasteiger partial charge in [-0.1, -0.05) is 12.8 Å². The second kappa shape index (κ2) is 11.9. The van der Waals surface area contributed by atoms with Crippen LogP contribution in [-0.4, -0.2) is 67.3 Å². The normalized spacial score (nSPS) is 17.9. The molecule has 2 fully saturated rings. The van der Waals surface area contributed by atoms with Gasteiger partial charge in [0.2, 0.25) is 0 Å². The molecule has 0 spiro atoms. The molecular formula is C29H39N3O2. The van der Waals surface area contributed by atoms with Crippen LogP contribution < -0.4 is 9.47 Å². The first-order chi connectivity index (χ1) is 16.8. The van der Waals surface area contributed by atoms with Crippen molar-refractivity contribution in [2.45, 2.75) is 51.4 Å². The van der Waals surface area contributed by atoms with Crippen molar-refractivity contribution in [1.82, 2.24) is 14.8 Å². The number of ether oxygens (including phenoxy) is 2. The van der Waals surface area contributed by atoms with Crippen LogP contribution in [0.4, 0.5) is 0 Å². The highest BCUT2D eigenvalue weighted by Crippen LogP contribution is 2.26. The maximum Gasteiger partial charge on any atom is 0.121 e. The van der Waals surface area contributed by atoms with Crippen LogP contribution in [-0.2, 0) is 0 Å². The summed E-state index contributed by atoms with van der Waals surface area (Å²) in [5, 5.41) is 2.28. The van der Waals surface area contributed by atoms with E-state index in [0.717, 1.165) is 72.4 Å². The zero-order chi connectivity index (χ0) is 23.0. The highest BCUT2D eigenvalue weighted by molar-refractivity contribution is 5.93. The average Bonchev–Trinajstić information content (AvgIpc) is 2.89. The highest BCUT2D eigenvalue weighted by atomic mass is 16.5. The number of pyridine rings is 1. The molecule has 2 saturated heterocycles. The third-order valence-electron chi connectivity index (χ3n) is 7.23. The minimum Gasteiger partial charge on any atom is -0.493 e. The Hall–Kier alpha value is -2.37. The third-order valence-corrected chi connectivity index (χ3v) is 7.23. The fourth-order valence-electron chi connectivity index (χ4n) is 5.28. The molecule has 1 aromatic heterocycles. The van der Waals surface area contributed by atoms with Crippen LogP contribution in [0.2, 0.25) is 0 Å². The lowest BCUT2D eigenvalue weighted by atomic mass is 10.1. The van der Waals surface area contributed by atoms with Crippen LogP contribution in [0.3, 0.4) is 0 Å². The Morgan fingerprint density at radius 2 is 1.06 bits per heavy atom. The molecule has 0 aliphatic carbocycles. The van der Waals surface area contributed by atoms with Gasteiger partial charge in [0.05, 0.1) is 24.2 Å². The Balaban J connectivity index is 1.15. The van der Waals surface area contributed by atoms with Gasteiger partial charge in [-0.2, -0.15) is 0 Å². The maximum absolute atomic E-state index is 6.06. The molecule has 182 valence electrons. The summed E-state index contributed by atoms with van der Waals surface area (Å²) in [4.78, 5) is 10.1. The lowest BCUT2D eigenvalue weighted by molar-refractivity contribution is 0.205. The first-order valence-electron chi connectivity index (χ1n) is 13.4. The van der Waals surface area contributed by atoms with Crippen molar-refractivity contribution in [2.75, 3.05) is 52.5 Å². The van der Waals surface area contributed by atoms with Crippen LogP contribution >= 0.6 is 0 Å². The molecule has 0 unspecified atom stereocenters. The quantitative estimate of drug-likeness (QED) is 0.278. The van der Waals surface area contributed by atoms with Gasteiger partial charge in [-0.15, -0.1) is 0 Å². The highest BCUT2D eigenvalue weighted by Gasteiger charge is 2.11. The van der Waals surface area contributed by atoms with Crippen LogP contribution in [0, 0.1) is 0 Å². The molecule has 0 N–H and O–H groups in total. The molecule has 3 aromatic rings. The SMILES string of the molecule is c1cc2cc3ccc(OCCCN4CCCCC4)cc3nc2cc1OCCCN1CCCCC1. The van der Waals surface area contributed by atoms with E-state index in [-0.39, 0.29) is 0 Å². The predicted molar refractivity (Wildman–Crippen MR) is 140 cm³/mol. The summed E-state index contributed by atoms with van der Waals surface area (Å²) in [6.45, 7) is 8.77. The fraction of sp³-hybridized carbons (Fsp3) is 0.552. The van der Waals surface area contributed by atoms with Crippen molar-refractivity contribution in [3.8, 4) is 11.5 Å². The minimum atomic E-state index is 0.755. The Morgan fingerprint density at radius 1 is 0.588 bits per heavy atom. The predicted octanol–water partition coefficient (Wildman–Crippen LogP) is 5.90. The molecule has 0 radical (unpaired) electrons. The first-order valence-corrected chi connectivity index (χ1v) is 13.4. The topological polar surface area (TPSA) is 37.8 Å². The van der Waals surface area contributed by atoms with Crippen molar-refractivity contribution in [2.24, 2.45) is 0 Å². The van der Waals surface area contributed by atoms with Crippen LogP contribution in [0.15, 0.2) is 42.5 Å². The first kappa shape index (κ1) is 23.4. The zero-order valence-corrected chi connectivity index (χ0v) is 20.5. The third kappa shape index (κ3) is 6.39. The van der Waals surface area contributed by atoms with Crippen molar-refractivity contribution in [1.29, 1.82) is 0 Å². The monoisotopic (exact) mass is 461 g/mol. The smallest absolute Gasteiger partial charge is 0.121 e. The van der Waals surface area contributed by atoms with E-state index in [4.69, 9.17) is 14.5 Å². The van der Waals surface area contributed by atoms with Gasteiger partial charge in [0.15, 0.2) is 0 Å². The second-order valence-corrected chi connectivity index (χ2v) is 9.91. The van der Waals surface area contributed by atoms with Crippen LogP contribution in [0.5, 0.6) is 11.5 Å². The molecule has 34 heavy (non-hydrogen) atoms. The molecule has 5 heteroatoms. The molecule has 2 aliphatic rings. The number of benzene rings is 2. The van der Waals surface area contributed by atoms with Crippen LogP contribution in [0.25, 0.3) is 21.8 Å². The van der Waals surface area contributed by atoms with E-state index >= 15 is 0 Å². The molecule has 5 rings (SSSR count). The Labute approximate surface area is 204 Å². The number of hydrogen-bond donors (Lipinski definition) is 0. The number of nitrogens with zero attached hydrogens (tertiary/aromatic N) is 3. The summed E-state index contributed by atoms with van der Waals surface area (Å²) in [5.74, 6) is 1.81. The summed E-state index contributed by atoms with van der Waals surface area (Å²) in [6, 6.07) is 14.7. The van der Waals surface area contributed by atoms with E-state index in [2.05, 4.69) is 52.3 Å². The van der Waals surface area contributed by atoms with Gasteiger partial charge in [-0.3, -0.25) is 0 Å². The molecule has 3 heterocycles. The number of likely N-dealkylation sites (tertiary alicyclic amines) is 2. The van der Waals surface area contributed by atoms with E-state index in [0.29, 0.717) is 0 Å². The molecule has 0 saturated carbocycles. The van der Waals surface area contributed by atoms with Gasteiger partial charge in [-0.05, 0) is 95.0 Å². The van der Waals surface area contributed by atoms with E-state index in [9.17, 15) is 0 Å². The van der Waals surface area contributed by atoms with Crippen LogP contribution in [0.1, 0.15) is 51.4 Å². The van der Waals surface area contributed by atoms with Crippen molar-refractivity contribution in [3.05, 3.63) is 42.5 Å². The minimum absolute atomic E-state index is 0.755. The Morgan fingerprint density at radius 3 is 1.53 bits per heavy atom. The van der Waals surface area contributed by atoms with Gasteiger partial charge < -0.3 is 19.3 Å². The molecule has 2 aromatic carbocycles. The molecule has 5 nitrogen and oxygen atoms in total. The van der Waals surface area contributed by atoms with E-state index in [1.54, 1.807) is 0 Å². The molecule has 2 aliphatic heterocycles. The van der Waals surface area contributed by atoms with Gasteiger partial charge in [-0.25, -0.2) is 4.98 Å². The molecular weight excluding hydrogens is 422 g/mol.